The second kappa shape index (κ2) is 9.33. The third kappa shape index (κ3) is 4.93. The Kier molecular flexibility index (Phi) is 7.77. The number of piperazine rings is 1. The summed E-state index contributed by atoms with van der Waals surface area (Å²) in [7, 11) is 1.60. The van der Waals surface area contributed by atoms with E-state index in [2.05, 4.69) is 11.9 Å². The van der Waals surface area contributed by atoms with Gasteiger partial charge in [0.25, 0.3) is 5.91 Å². The van der Waals surface area contributed by atoms with Crippen molar-refractivity contribution in [2.45, 2.75) is 6.42 Å². The first-order valence-electron chi connectivity index (χ1n) is 7.13. The molecular weight excluding hydrogens is 304 g/mol. The van der Waals surface area contributed by atoms with Crippen LogP contribution in [0.15, 0.2) is 30.9 Å². The van der Waals surface area contributed by atoms with Gasteiger partial charge >= 0.3 is 0 Å². The lowest BCUT2D eigenvalue weighted by atomic mass is 10.1. The summed E-state index contributed by atoms with van der Waals surface area (Å²) in [5.74, 6) is 1.24. The Morgan fingerprint density at radius 3 is 2.73 bits per heavy atom. The van der Waals surface area contributed by atoms with Crippen molar-refractivity contribution in [1.82, 2.24) is 10.2 Å². The van der Waals surface area contributed by atoms with Gasteiger partial charge < -0.3 is 19.7 Å². The predicted octanol–water partition coefficient (Wildman–Crippen LogP) is 1.66. The number of hydrogen-bond acceptors (Lipinski definition) is 4. The van der Waals surface area contributed by atoms with Crippen LogP contribution in [0, 0.1) is 0 Å². The molecular formula is C16H23ClN2O3. The molecule has 0 bridgehead atoms. The van der Waals surface area contributed by atoms with Gasteiger partial charge in [-0.3, -0.25) is 4.79 Å². The van der Waals surface area contributed by atoms with E-state index in [4.69, 9.17) is 9.47 Å². The predicted molar refractivity (Wildman–Crippen MR) is 89.1 cm³/mol. The zero-order valence-electron chi connectivity index (χ0n) is 12.8. The van der Waals surface area contributed by atoms with E-state index in [1.165, 1.54) is 0 Å². The van der Waals surface area contributed by atoms with Gasteiger partial charge in [-0.25, -0.2) is 0 Å². The maximum atomic E-state index is 12.1. The summed E-state index contributed by atoms with van der Waals surface area (Å²) < 4.78 is 10.9. The summed E-state index contributed by atoms with van der Waals surface area (Å²) in [6.45, 7) is 6.90. The van der Waals surface area contributed by atoms with Gasteiger partial charge in [-0.1, -0.05) is 12.1 Å². The summed E-state index contributed by atoms with van der Waals surface area (Å²) >= 11 is 0. The first-order valence-corrected chi connectivity index (χ1v) is 7.13. The van der Waals surface area contributed by atoms with Crippen LogP contribution in [-0.2, 0) is 11.2 Å². The highest BCUT2D eigenvalue weighted by atomic mass is 35.5. The Hall–Kier alpha value is -1.72. The number of methoxy groups -OCH3 is 1. The monoisotopic (exact) mass is 326 g/mol. The quantitative estimate of drug-likeness (QED) is 0.808. The molecule has 6 heteroatoms. The third-order valence-electron chi connectivity index (χ3n) is 3.43. The van der Waals surface area contributed by atoms with Gasteiger partial charge in [0, 0.05) is 26.2 Å². The molecule has 1 aromatic carbocycles. The molecule has 1 saturated heterocycles. The SMILES string of the molecule is C=CCc1ccc(OCC(=O)N2CCNCC2)c(OC)c1.Cl. The van der Waals surface area contributed by atoms with Gasteiger partial charge in [0.1, 0.15) is 0 Å². The number of ether oxygens (including phenoxy) is 2. The van der Waals surface area contributed by atoms with Crippen molar-refractivity contribution in [2.24, 2.45) is 0 Å². The molecule has 1 aliphatic rings. The van der Waals surface area contributed by atoms with Crippen LogP contribution in [0.25, 0.3) is 0 Å². The first-order chi connectivity index (χ1) is 10.2. The average Bonchev–Trinajstić information content (AvgIpc) is 2.54. The topological polar surface area (TPSA) is 50.8 Å². The molecule has 5 nitrogen and oxygen atoms in total. The molecule has 1 N–H and O–H groups in total. The van der Waals surface area contributed by atoms with E-state index in [1.807, 2.05) is 29.2 Å². The fraction of sp³-hybridized carbons (Fsp3) is 0.438. The van der Waals surface area contributed by atoms with Gasteiger partial charge in [-0.15, -0.1) is 19.0 Å². The zero-order chi connectivity index (χ0) is 15.1. The molecule has 0 saturated carbocycles. The molecule has 2 rings (SSSR count). The second-order valence-electron chi connectivity index (χ2n) is 4.90. The number of allylic oxidation sites excluding steroid dienone is 1. The van der Waals surface area contributed by atoms with Crippen LogP contribution in [0.2, 0.25) is 0 Å². The largest absolute Gasteiger partial charge is 0.493 e. The maximum absolute atomic E-state index is 12.1. The highest BCUT2D eigenvalue weighted by Crippen LogP contribution is 2.28. The number of amides is 1. The van der Waals surface area contributed by atoms with E-state index in [9.17, 15) is 4.79 Å². The van der Waals surface area contributed by atoms with E-state index in [0.717, 1.165) is 38.2 Å². The molecule has 1 aliphatic heterocycles. The molecule has 122 valence electrons. The van der Waals surface area contributed by atoms with Crippen LogP contribution < -0.4 is 14.8 Å². The lowest BCUT2D eigenvalue weighted by molar-refractivity contribution is -0.133. The first kappa shape index (κ1) is 18.3. The van der Waals surface area contributed by atoms with Gasteiger partial charge in [-0.2, -0.15) is 0 Å². The fourth-order valence-corrected chi connectivity index (χ4v) is 2.27. The van der Waals surface area contributed by atoms with Crippen molar-refractivity contribution in [3.63, 3.8) is 0 Å². The Bertz CT molecular complexity index is 502. The summed E-state index contributed by atoms with van der Waals surface area (Å²) in [4.78, 5) is 13.9. The number of rotatable bonds is 6. The minimum Gasteiger partial charge on any atom is -0.493 e. The lowest BCUT2D eigenvalue weighted by Gasteiger charge is -2.27. The Morgan fingerprint density at radius 1 is 1.36 bits per heavy atom. The molecule has 0 aromatic heterocycles. The molecule has 0 aliphatic carbocycles. The Labute approximate surface area is 137 Å². The average molecular weight is 327 g/mol. The summed E-state index contributed by atoms with van der Waals surface area (Å²) in [5.41, 5.74) is 1.10. The van der Waals surface area contributed by atoms with Gasteiger partial charge in [0.05, 0.1) is 7.11 Å². The number of hydrogen-bond donors (Lipinski definition) is 1. The number of carbonyl (C=O) groups excluding carboxylic acids is 1. The molecule has 0 spiro atoms. The van der Waals surface area contributed by atoms with Crippen LogP contribution in [0.4, 0.5) is 0 Å². The van der Waals surface area contributed by atoms with Crippen molar-refractivity contribution in [3.05, 3.63) is 36.4 Å². The molecule has 1 heterocycles. The minimum atomic E-state index is 0. The second-order valence-corrected chi connectivity index (χ2v) is 4.90. The van der Waals surface area contributed by atoms with Crippen LogP contribution in [-0.4, -0.2) is 50.7 Å². The Morgan fingerprint density at radius 2 is 2.09 bits per heavy atom. The molecule has 0 radical (unpaired) electrons. The van der Waals surface area contributed by atoms with E-state index < -0.39 is 0 Å². The van der Waals surface area contributed by atoms with Crippen LogP contribution in [0.5, 0.6) is 11.5 Å². The fourth-order valence-electron chi connectivity index (χ4n) is 2.27. The molecule has 0 atom stereocenters. The van der Waals surface area contributed by atoms with Crippen LogP contribution in [0.3, 0.4) is 0 Å². The number of carbonyl (C=O) groups is 1. The smallest absolute Gasteiger partial charge is 0.260 e. The van der Waals surface area contributed by atoms with Gasteiger partial charge in [0.15, 0.2) is 18.1 Å². The number of nitrogens with one attached hydrogen (secondary N) is 1. The maximum Gasteiger partial charge on any atom is 0.260 e. The van der Waals surface area contributed by atoms with Crippen molar-refractivity contribution in [1.29, 1.82) is 0 Å². The number of halogens is 1. The van der Waals surface area contributed by atoms with E-state index in [-0.39, 0.29) is 24.9 Å². The molecule has 1 amide bonds. The van der Waals surface area contributed by atoms with E-state index >= 15 is 0 Å². The highest BCUT2D eigenvalue weighted by molar-refractivity contribution is 5.85. The number of benzene rings is 1. The van der Waals surface area contributed by atoms with E-state index in [0.29, 0.717) is 11.5 Å². The van der Waals surface area contributed by atoms with Gasteiger partial charge in [-0.05, 0) is 24.1 Å². The van der Waals surface area contributed by atoms with Crippen molar-refractivity contribution in [3.8, 4) is 11.5 Å². The third-order valence-corrected chi connectivity index (χ3v) is 3.43. The molecule has 1 fully saturated rings. The lowest BCUT2D eigenvalue weighted by Crippen LogP contribution is -2.47. The van der Waals surface area contributed by atoms with Crippen LogP contribution in [0.1, 0.15) is 5.56 Å². The highest BCUT2D eigenvalue weighted by Gasteiger charge is 2.17. The zero-order valence-corrected chi connectivity index (χ0v) is 13.7. The van der Waals surface area contributed by atoms with Crippen LogP contribution >= 0.6 is 12.4 Å². The van der Waals surface area contributed by atoms with E-state index in [1.54, 1.807) is 7.11 Å². The molecule has 22 heavy (non-hydrogen) atoms. The number of nitrogens with zero attached hydrogens (tertiary/aromatic N) is 1. The van der Waals surface area contributed by atoms with Gasteiger partial charge in [0.2, 0.25) is 0 Å². The summed E-state index contributed by atoms with van der Waals surface area (Å²) in [5, 5.41) is 3.22. The Balaban J connectivity index is 0.00000242. The minimum absolute atomic E-state index is 0. The molecule has 1 aromatic rings. The van der Waals surface area contributed by atoms with Crippen molar-refractivity contribution in [2.75, 3.05) is 39.9 Å². The normalized spacial score (nSPS) is 14.0. The van der Waals surface area contributed by atoms with Crippen molar-refractivity contribution < 1.29 is 14.3 Å². The summed E-state index contributed by atoms with van der Waals surface area (Å²) in [6.07, 6.45) is 2.61. The standard InChI is InChI=1S/C16H22N2O3.ClH/c1-3-4-13-5-6-14(15(11-13)20-2)21-12-16(19)18-9-7-17-8-10-18;/h3,5-6,11,17H,1,4,7-10,12H2,2H3;1H. The summed E-state index contributed by atoms with van der Waals surface area (Å²) in [6, 6.07) is 5.70. The molecule has 0 unspecified atom stereocenters. The van der Waals surface area contributed by atoms with Crippen molar-refractivity contribution >= 4 is 18.3 Å².